The highest BCUT2D eigenvalue weighted by Gasteiger charge is 2.16. The van der Waals surface area contributed by atoms with Gasteiger partial charge in [-0.2, -0.15) is 4.68 Å². The van der Waals surface area contributed by atoms with Crippen molar-refractivity contribution < 1.29 is 0 Å². The van der Waals surface area contributed by atoms with E-state index < -0.39 is 0 Å². The second-order valence-electron chi connectivity index (χ2n) is 5.73. The molecule has 0 spiro atoms. The van der Waals surface area contributed by atoms with Gasteiger partial charge in [-0.15, -0.1) is 0 Å². The summed E-state index contributed by atoms with van der Waals surface area (Å²) >= 11 is 1.51. The van der Waals surface area contributed by atoms with E-state index in [0.29, 0.717) is 10.7 Å². The van der Waals surface area contributed by atoms with E-state index in [1.807, 2.05) is 38.1 Å². The third-order valence-electron chi connectivity index (χ3n) is 3.48. The van der Waals surface area contributed by atoms with E-state index in [2.05, 4.69) is 22.0 Å². The van der Waals surface area contributed by atoms with E-state index in [-0.39, 0.29) is 11.6 Å². The Morgan fingerprint density at radius 1 is 1.39 bits per heavy atom. The molecule has 0 saturated carbocycles. The molecular weight excluding hydrogens is 308 g/mol. The average Bonchev–Trinajstić information content (AvgIpc) is 3.07. The smallest absolute Gasteiger partial charge is 0.282 e. The number of hydrogen-bond donors (Lipinski definition) is 1. The first kappa shape index (κ1) is 15.7. The molecule has 1 N–H and O–H groups in total. The number of aromatic nitrogens is 3. The fourth-order valence-corrected chi connectivity index (χ4v) is 3.31. The third kappa shape index (κ3) is 3.12. The normalized spacial score (nSPS) is 12.0. The van der Waals surface area contributed by atoms with Crippen LogP contribution in [0.3, 0.4) is 0 Å². The number of aliphatic imine (C=N–C) groups is 1. The highest BCUT2D eigenvalue weighted by Crippen LogP contribution is 2.23. The van der Waals surface area contributed by atoms with Crippen molar-refractivity contribution in [3.8, 4) is 5.13 Å². The van der Waals surface area contributed by atoms with Gasteiger partial charge >= 0.3 is 0 Å². The SMILES string of the molecule is CCCc1[nH]n(-c2nc3ccccc3s2)c(=O)c1C=NC(C)C. The van der Waals surface area contributed by atoms with Crippen molar-refractivity contribution in [1.29, 1.82) is 0 Å². The topological polar surface area (TPSA) is 63.0 Å². The minimum atomic E-state index is -0.0862. The monoisotopic (exact) mass is 328 g/mol. The number of para-hydroxylation sites is 1. The summed E-state index contributed by atoms with van der Waals surface area (Å²) in [7, 11) is 0. The summed E-state index contributed by atoms with van der Waals surface area (Å²) in [4.78, 5) is 21.7. The summed E-state index contributed by atoms with van der Waals surface area (Å²) in [5.41, 5.74) is 2.38. The zero-order valence-corrected chi connectivity index (χ0v) is 14.4. The standard InChI is InChI=1S/C17H20N4OS/c1-4-7-13-12(10-18-11(2)3)16(22)21(20-13)17-19-14-8-5-6-9-15(14)23-17/h5-6,8-11,20H,4,7H2,1-3H3. The van der Waals surface area contributed by atoms with Crippen LogP contribution in [-0.4, -0.2) is 27.0 Å². The molecule has 120 valence electrons. The molecule has 5 nitrogen and oxygen atoms in total. The molecule has 0 atom stereocenters. The molecule has 0 fully saturated rings. The maximum Gasteiger partial charge on any atom is 0.282 e. The predicted octanol–water partition coefficient (Wildman–Crippen LogP) is 3.56. The lowest BCUT2D eigenvalue weighted by molar-refractivity contribution is 0.790. The number of nitrogens with one attached hydrogen (secondary N) is 1. The van der Waals surface area contributed by atoms with Crippen molar-refractivity contribution in [2.24, 2.45) is 4.99 Å². The molecule has 0 aliphatic carbocycles. The summed E-state index contributed by atoms with van der Waals surface area (Å²) in [6.07, 6.45) is 3.47. The number of H-pyrrole nitrogens is 1. The van der Waals surface area contributed by atoms with Gasteiger partial charge in [0.05, 0.1) is 15.8 Å². The number of fused-ring (bicyclic) bond motifs is 1. The van der Waals surface area contributed by atoms with Gasteiger partial charge in [0, 0.05) is 18.0 Å². The van der Waals surface area contributed by atoms with Crippen LogP contribution in [0.5, 0.6) is 0 Å². The molecule has 0 saturated heterocycles. The number of hydrogen-bond acceptors (Lipinski definition) is 4. The summed E-state index contributed by atoms with van der Waals surface area (Å²) in [5, 5.41) is 3.88. The van der Waals surface area contributed by atoms with Crippen LogP contribution < -0.4 is 5.56 Å². The van der Waals surface area contributed by atoms with Crippen LogP contribution in [0.15, 0.2) is 34.1 Å². The maximum absolute atomic E-state index is 12.8. The van der Waals surface area contributed by atoms with Crippen molar-refractivity contribution in [1.82, 2.24) is 14.8 Å². The lowest BCUT2D eigenvalue weighted by atomic mass is 10.2. The van der Waals surface area contributed by atoms with Gasteiger partial charge in [-0.25, -0.2) is 4.98 Å². The quantitative estimate of drug-likeness (QED) is 0.728. The minimum Gasteiger partial charge on any atom is -0.292 e. The van der Waals surface area contributed by atoms with Gasteiger partial charge in [0.2, 0.25) is 5.13 Å². The molecule has 1 aromatic carbocycles. The molecule has 0 amide bonds. The van der Waals surface area contributed by atoms with E-state index >= 15 is 0 Å². The first-order valence-corrected chi connectivity index (χ1v) is 8.64. The number of nitrogens with zero attached hydrogens (tertiary/aromatic N) is 3. The zero-order chi connectivity index (χ0) is 16.4. The third-order valence-corrected chi connectivity index (χ3v) is 4.50. The summed E-state index contributed by atoms with van der Waals surface area (Å²) < 4.78 is 2.61. The Kier molecular flexibility index (Phi) is 4.43. The van der Waals surface area contributed by atoms with E-state index in [0.717, 1.165) is 28.8 Å². The van der Waals surface area contributed by atoms with Gasteiger partial charge in [0.1, 0.15) is 0 Å². The Hall–Kier alpha value is -2.21. The molecule has 0 radical (unpaired) electrons. The number of aryl methyl sites for hydroxylation is 1. The average molecular weight is 328 g/mol. The Bertz CT molecular complexity index is 868. The first-order chi connectivity index (χ1) is 11.1. The number of thiazole rings is 1. The second kappa shape index (κ2) is 6.50. The highest BCUT2D eigenvalue weighted by atomic mass is 32.1. The van der Waals surface area contributed by atoms with E-state index in [1.165, 1.54) is 16.0 Å². The molecule has 0 aliphatic heterocycles. The Labute approximate surface area is 138 Å². The molecule has 3 aromatic rings. The highest BCUT2D eigenvalue weighted by molar-refractivity contribution is 7.20. The van der Waals surface area contributed by atoms with Crippen LogP contribution in [0.4, 0.5) is 0 Å². The summed E-state index contributed by atoms with van der Waals surface area (Å²) in [6, 6.07) is 8.06. The fourth-order valence-electron chi connectivity index (χ4n) is 2.38. The molecule has 2 heterocycles. The number of benzene rings is 1. The number of rotatable bonds is 5. The van der Waals surface area contributed by atoms with Crippen LogP contribution >= 0.6 is 11.3 Å². The summed E-state index contributed by atoms with van der Waals surface area (Å²) in [5.74, 6) is 0. The van der Waals surface area contributed by atoms with Crippen molar-refractivity contribution >= 4 is 27.8 Å². The zero-order valence-electron chi connectivity index (χ0n) is 13.5. The van der Waals surface area contributed by atoms with Gasteiger partial charge in [-0.1, -0.05) is 36.8 Å². The maximum atomic E-state index is 12.8. The molecule has 3 rings (SSSR count). The van der Waals surface area contributed by atoms with Crippen LogP contribution in [0.25, 0.3) is 15.3 Å². The Morgan fingerprint density at radius 2 is 2.17 bits per heavy atom. The molecular formula is C17H20N4OS. The second-order valence-corrected chi connectivity index (χ2v) is 6.74. The van der Waals surface area contributed by atoms with Crippen LogP contribution in [0.2, 0.25) is 0 Å². The first-order valence-electron chi connectivity index (χ1n) is 7.83. The molecule has 6 heteroatoms. The van der Waals surface area contributed by atoms with Crippen LogP contribution in [0, 0.1) is 0 Å². The largest absolute Gasteiger partial charge is 0.292 e. The van der Waals surface area contributed by atoms with Crippen molar-refractivity contribution in [2.45, 2.75) is 39.7 Å². The number of aromatic amines is 1. The molecule has 0 aliphatic rings. The Morgan fingerprint density at radius 3 is 2.87 bits per heavy atom. The van der Waals surface area contributed by atoms with Gasteiger partial charge < -0.3 is 0 Å². The van der Waals surface area contributed by atoms with Gasteiger partial charge in [0.15, 0.2) is 0 Å². The van der Waals surface area contributed by atoms with E-state index in [1.54, 1.807) is 6.21 Å². The van der Waals surface area contributed by atoms with Crippen LogP contribution in [-0.2, 0) is 6.42 Å². The van der Waals surface area contributed by atoms with Crippen LogP contribution in [0.1, 0.15) is 38.4 Å². The molecule has 23 heavy (non-hydrogen) atoms. The minimum absolute atomic E-state index is 0.0862. The summed E-state index contributed by atoms with van der Waals surface area (Å²) in [6.45, 7) is 6.08. The van der Waals surface area contributed by atoms with Crippen molar-refractivity contribution in [3.05, 3.63) is 45.9 Å². The lowest BCUT2D eigenvalue weighted by Gasteiger charge is -1.96. The molecule has 0 bridgehead atoms. The Balaban J connectivity index is 2.12. The lowest BCUT2D eigenvalue weighted by Crippen LogP contribution is -2.17. The van der Waals surface area contributed by atoms with Crippen molar-refractivity contribution in [2.75, 3.05) is 0 Å². The van der Waals surface area contributed by atoms with Crippen molar-refractivity contribution in [3.63, 3.8) is 0 Å². The predicted molar refractivity (Wildman–Crippen MR) is 96.3 cm³/mol. The molecule has 0 unspecified atom stereocenters. The molecule has 2 aromatic heterocycles. The van der Waals surface area contributed by atoms with Gasteiger partial charge in [-0.05, 0) is 32.4 Å². The fraction of sp³-hybridized carbons (Fsp3) is 0.353. The van der Waals surface area contributed by atoms with Gasteiger partial charge in [-0.3, -0.25) is 14.9 Å². The van der Waals surface area contributed by atoms with Gasteiger partial charge in [0.25, 0.3) is 5.56 Å². The van der Waals surface area contributed by atoms with E-state index in [4.69, 9.17) is 0 Å². The van der Waals surface area contributed by atoms with E-state index in [9.17, 15) is 4.79 Å².